The van der Waals surface area contributed by atoms with Crippen LogP contribution in [0, 0.1) is 5.82 Å². The van der Waals surface area contributed by atoms with Gasteiger partial charge in [-0.3, -0.25) is 0 Å². The van der Waals surface area contributed by atoms with E-state index in [-0.39, 0.29) is 5.82 Å². The van der Waals surface area contributed by atoms with Crippen LogP contribution in [0.15, 0.2) is 18.2 Å². The van der Waals surface area contributed by atoms with Gasteiger partial charge in [0.2, 0.25) is 0 Å². The van der Waals surface area contributed by atoms with Crippen molar-refractivity contribution in [1.82, 2.24) is 0 Å². The number of halogens is 1. The van der Waals surface area contributed by atoms with E-state index in [0.717, 1.165) is 24.2 Å². The maximum absolute atomic E-state index is 13.1. The van der Waals surface area contributed by atoms with Crippen LogP contribution in [-0.4, -0.2) is 6.61 Å². The fourth-order valence-electron chi connectivity index (χ4n) is 1.92. The molecule has 0 aliphatic carbocycles. The molecule has 2 N–H and O–H groups in total. The molecule has 0 amide bonds. The fraction of sp³-hybridized carbons (Fsp3) is 0.600. The van der Waals surface area contributed by atoms with Gasteiger partial charge < -0.3 is 10.5 Å². The summed E-state index contributed by atoms with van der Waals surface area (Å²) in [5, 5.41) is 0. The predicted octanol–water partition coefficient (Wildman–Crippen LogP) is 3.77. The first-order chi connectivity index (χ1) is 8.77. The first-order valence-electron chi connectivity index (χ1n) is 6.83. The SMILES string of the molecule is CCCCCCCOCc1cc(F)ccc1CN. The van der Waals surface area contributed by atoms with Gasteiger partial charge in [0.05, 0.1) is 6.61 Å². The van der Waals surface area contributed by atoms with E-state index in [1.54, 1.807) is 6.07 Å². The Morgan fingerprint density at radius 3 is 2.61 bits per heavy atom. The van der Waals surface area contributed by atoms with Crippen molar-refractivity contribution < 1.29 is 9.13 Å². The van der Waals surface area contributed by atoms with E-state index in [2.05, 4.69) is 6.92 Å². The van der Waals surface area contributed by atoms with Crippen LogP contribution in [-0.2, 0) is 17.9 Å². The summed E-state index contributed by atoms with van der Waals surface area (Å²) in [5.74, 6) is -0.228. The summed E-state index contributed by atoms with van der Waals surface area (Å²) >= 11 is 0. The van der Waals surface area contributed by atoms with E-state index in [1.807, 2.05) is 0 Å². The number of rotatable bonds is 9. The van der Waals surface area contributed by atoms with Crippen LogP contribution in [0.3, 0.4) is 0 Å². The summed E-state index contributed by atoms with van der Waals surface area (Å²) in [6, 6.07) is 4.69. The van der Waals surface area contributed by atoms with Crippen LogP contribution in [0.2, 0.25) is 0 Å². The molecule has 0 aromatic heterocycles. The van der Waals surface area contributed by atoms with Crippen LogP contribution in [0.1, 0.15) is 50.2 Å². The van der Waals surface area contributed by atoms with Gasteiger partial charge in [0.1, 0.15) is 5.82 Å². The van der Waals surface area contributed by atoms with Crippen LogP contribution < -0.4 is 5.73 Å². The van der Waals surface area contributed by atoms with Crippen LogP contribution in [0.4, 0.5) is 4.39 Å². The molecule has 3 heteroatoms. The topological polar surface area (TPSA) is 35.2 Å². The van der Waals surface area contributed by atoms with Gasteiger partial charge in [-0.25, -0.2) is 4.39 Å². The van der Waals surface area contributed by atoms with Gasteiger partial charge in [0, 0.05) is 13.2 Å². The van der Waals surface area contributed by atoms with Crippen LogP contribution in [0.5, 0.6) is 0 Å². The van der Waals surface area contributed by atoms with Gasteiger partial charge in [-0.1, -0.05) is 38.7 Å². The molecule has 0 radical (unpaired) electrons. The summed E-state index contributed by atoms with van der Waals surface area (Å²) in [5.41, 5.74) is 7.44. The van der Waals surface area contributed by atoms with Crippen molar-refractivity contribution in [3.63, 3.8) is 0 Å². The Bertz CT molecular complexity index is 341. The highest BCUT2D eigenvalue weighted by atomic mass is 19.1. The number of benzene rings is 1. The van der Waals surface area contributed by atoms with Gasteiger partial charge in [-0.05, 0) is 29.7 Å². The monoisotopic (exact) mass is 253 g/mol. The van der Waals surface area contributed by atoms with Crippen LogP contribution >= 0.6 is 0 Å². The quantitative estimate of drug-likeness (QED) is 0.680. The van der Waals surface area contributed by atoms with E-state index < -0.39 is 0 Å². The fourth-order valence-corrected chi connectivity index (χ4v) is 1.92. The lowest BCUT2D eigenvalue weighted by Crippen LogP contribution is -2.04. The van der Waals surface area contributed by atoms with E-state index >= 15 is 0 Å². The second-order valence-corrected chi connectivity index (χ2v) is 4.58. The third-order valence-corrected chi connectivity index (χ3v) is 3.04. The lowest BCUT2D eigenvalue weighted by atomic mass is 10.1. The highest BCUT2D eigenvalue weighted by Crippen LogP contribution is 2.12. The molecule has 2 nitrogen and oxygen atoms in total. The zero-order valence-electron chi connectivity index (χ0n) is 11.3. The van der Waals surface area contributed by atoms with Gasteiger partial charge in [-0.2, -0.15) is 0 Å². The Kier molecular flexibility index (Phi) is 7.62. The zero-order valence-corrected chi connectivity index (χ0v) is 11.3. The molecule has 0 unspecified atom stereocenters. The lowest BCUT2D eigenvalue weighted by molar-refractivity contribution is 0.116. The second-order valence-electron chi connectivity index (χ2n) is 4.58. The van der Waals surface area contributed by atoms with Crippen molar-refractivity contribution in [3.05, 3.63) is 35.1 Å². The molecule has 0 spiro atoms. The number of hydrogen-bond acceptors (Lipinski definition) is 2. The molecule has 0 atom stereocenters. The molecule has 0 saturated carbocycles. The van der Waals surface area contributed by atoms with Gasteiger partial charge >= 0.3 is 0 Å². The summed E-state index contributed by atoms with van der Waals surface area (Å²) in [4.78, 5) is 0. The second kappa shape index (κ2) is 9.06. The smallest absolute Gasteiger partial charge is 0.123 e. The van der Waals surface area contributed by atoms with Crippen molar-refractivity contribution in [1.29, 1.82) is 0 Å². The van der Waals surface area contributed by atoms with E-state index in [0.29, 0.717) is 13.2 Å². The Morgan fingerprint density at radius 2 is 1.89 bits per heavy atom. The molecule has 0 aliphatic rings. The number of nitrogens with two attached hydrogens (primary N) is 1. The molecule has 0 heterocycles. The van der Waals surface area contributed by atoms with E-state index in [1.165, 1.54) is 37.8 Å². The van der Waals surface area contributed by atoms with Crippen molar-refractivity contribution in [2.75, 3.05) is 6.61 Å². The summed E-state index contributed by atoms with van der Waals surface area (Å²) < 4.78 is 18.7. The summed E-state index contributed by atoms with van der Waals surface area (Å²) in [6.07, 6.45) is 6.10. The molecular formula is C15H24FNO. The van der Waals surface area contributed by atoms with Crippen molar-refractivity contribution in [2.45, 2.75) is 52.2 Å². The highest BCUT2D eigenvalue weighted by Gasteiger charge is 2.03. The van der Waals surface area contributed by atoms with Gasteiger partial charge in [0.25, 0.3) is 0 Å². The van der Waals surface area contributed by atoms with Gasteiger partial charge in [0.15, 0.2) is 0 Å². The maximum atomic E-state index is 13.1. The van der Waals surface area contributed by atoms with E-state index in [4.69, 9.17) is 10.5 Å². The Balaban J connectivity index is 2.24. The molecule has 1 rings (SSSR count). The average Bonchev–Trinajstić information content (AvgIpc) is 2.38. The summed E-state index contributed by atoms with van der Waals surface area (Å²) in [6.45, 7) is 3.83. The number of hydrogen-bond donors (Lipinski definition) is 1. The van der Waals surface area contributed by atoms with Gasteiger partial charge in [-0.15, -0.1) is 0 Å². The normalized spacial score (nSPS) is 10.8. The Labute approximate surface area is 109 Å². The van der Waals surface area contributed by atoms with Crippen molar-refractivity contribution in [3.8, 4) is 0 Å². The third kappa shape index (κ3) is 5.61. The minimum Gasteiger partial charge on any atom is -0.377 e. The molecule has 1 aromatic rings. The standard InChI is InChI=1S/C15H24FNO/c1-2-3-4-5-6-9-18-12-14-10-15(16)8-7-13(14)11-17/h7-8,10H,2-6,9,11-12,17H2,1H3. The maximum Gasteiger partial charge on any atom is 0.123 e. The predicted molar refractivity (Wildman–Crippen MR) is 72.7 cm³/mol. The molecule has 1 aromatic carbocycles. The first kappa shape index (κ1) is 15.1. The molecule has 0 fully saturated rings. The largest absolute Gasteiger partial charge is 0.377 e. The third-order valence-electron chi connectivity index (χ3n) is 3.04. The molecule has 0 aliphatic heterocycles. The minimum absolute atomic E-state index is 0.228. The average molecular weight is 253 g/mol. The first-order valence-corrected chi connectivity index (χ1v) is 6.83. The minimum atomic E-state index is -0.228. The molecule has 0 saturated heterocycles. The lowest BCUT2D eigenvalue weighted by Gasteiger charge is -2.09. The Hall–Kier alpha value is -0.930. The highest BCUT2D eigenvalue weighted by molar-refractivity contribution is 5.27. The number of unbranched alkanes of at least 4 members (excludes halogenated alkanes) is 4. The van der Waals surface area contributed by atoms with Crippen molar-refractivity contribution >= 4 is 0 Å². The molecule has 0 bridgehead atoms. The van der Waals surface area contributed by atoms with Crippen LogP contribution in [0.25, 0.3) is 0 Å². The van der Waals surface area contributed by atoms with E-state index in [9.17, 15) is 4.39 Å². The zero-order chi connectivity index (χ0) is 13.2. The molecule has 102 valence electrons. The summed E-state index contributed by atoms with van der Waals surface area (Å²) in [7, 11) is 0. The molecular weight excluding hydrogens is 229 g/mol. The number of ether oxygens (including phenoxy) is 1. The van der Waals surface area contributed by atoms with Crippen molar-refractivity contribution in [2.24, 2.45) is 5.73 Å². The Morgan fingerprint density at radius 1 is 1.11 bits per heavy atom. The molecule has 18 heavy (non-hydrogen) atoms.